The fraction of sp³-hybridized carbons (Fsp3) is 0.630. The third-order valence-corrected chi connectivity index (χ3v) is 6.33. The number of carboxylic acids is 1. The summed E-state index contributed by atoms with van der Waals surface area (Å²) >= 11 is 0. The molecule has 1 aromatic carbocycles. The van der Waals surface area contributed by atoms with Crippen LogP contribution >= 0.6 is 0 Å². The highest BCUT2D eigenvalue weighted by Crippen LogP contribution is 2.30. The third kappa shape index (κ3) is 7.15. The van der Waals surface area contributed by atoms with E-state index in [1.165, 1.54) is 5.56 Å². The van der Waals surface area contributed by atoms with Crippen molar-refractivity contribution < 1.29 is 23.8 Å². The summed E-state index contributed by atoms with van der Waals surface area (Å²) in [5.74, 6) is 1.52. The van der Waals surface area contributed by atoms with E-state index in [0.29, 0.717) is 30.9 Å². The van der Waals surface area contributed by atoms with Gasteiger partial charge < -0.3 is 19.0 Å². The first-order valence-corrected chi connectivity index (χ1v) is 12.2. The highest BCUT2D eigenvalue weighted by atomic mass is 16.5. The number of carboxylic acid groups (broad SMARTS) is 1. The number of aliphatic carboxylic acids is 1. The van der Waals surface area contributed by atoms with E-state index in [0.717, 1.165) is 55.5 Å². The number of aryl methyl sites for hydroxylation is 1. The highest BCUT2D eigenvalue weighted by Gasteiger charge is 2.31. The summed E-state index contributed by atoms with van der Waals surface area (Å²) in [5.41, 5.74) is 2.01. The lowest BCUT2D eigenvalue weighted by Crippen LogP contribution is -2.37. The first-order valence-electron chi connectivity index (χ1n) is 12.2. The quantitative estimate of drug-likeness (QED) is 0.442. The molecule has 1 aromatic heterocycles. The molecular formula is C27H39NO5. The number of oxazole rings is 1. The van der Waals surface area contributed by atoms with Gasteiger partial charge in [0.25, 0.3) is 0 Å². The molecule has 1 heterocycles. The summed E-state index contributed by atoms with van der Waals surface area (Å²) in [5, 5.41) is 9.25. The van der Waals surface area contributed by atoms with Gasteiger partial charge in [0.2, 0.25) is 5.89 Å². The SMILES string of the molecule is CCc1oc(-c2ccc(CC(C)C)cc2)nc1COC1CCCC(COC(C)(C)C(=O)O)C1. The summed E-state index contributed by atoms with van der Waals surface area (Å²) in [4.78, 5) is 16.0. The fourth-order valence-corrected chi connectivity index (χ4v) is 4.28. The summed E-state index contributed by atoms with van der Waals surface area (Å²) in [6, 6.07) is 8.46. The molecule has 0 spiro atoms. The van der Waals surface area contributed by atoms with Gasteiger partial charge in [0.1, 0.15) is 11.5 Å². The number of rotatable bonds is 11. The van der Waals surface area contributed by atoms with Crippen molar-refractivity contribution in [2.45, 2.75) is 91.5 Å². The lowest BCUT2D eigenvalue weighted by Gasteiger charge is -2.31. The first kappa shape index (κ1) is 25.4. The molecule has 1 aliphatic rings. The Hall–Kier alpha value is -2.18. The Morgan fingerprint density at radius 3 is 2.61 bits per heavy atom. The molecule has 0 radical (unpaired) electrons. The average Bonchev–Trinajstić information content (AvgIpc) is 3.20. The van der Waals surface area contributed by atoms with Gasteiger partial charge in [-0.1, -0.05) is 39.3 Å². The van der Waals surface area contributed by atoms with Crippen LogP contribution in [0.2, 0.25) is 0 Å². The Labute approximate surface area is 197 Å². The number of ether oxygens (including phenoxy) is 2. The number of hydrogen-bond donors (Lipinski definition) is 1. The van der Waals surface area contributed by atoms with Crippen molar-refractivity contribution in [1.29, 1.82) is 0 Å². The molecular weight excluding hydrogens is 418 g/mol. The van der Waals surface area contributed by atoms with Crippen LogP contribution in [0.5, 0.6) is 0 Å². The van der Waals surface area contributed by atoms with Crippen LogP contribution in [0, 0.1) is 11.8 Å². The van der Waals surface area contributed by atoms with E-state index >= 15 is 0 Å². The van der Waals surface area contributed by atoms with Crippen LogP contribution < -0.4 is 0 Å². The zero-order valence-corrected chi connectivity index (χ0v) is 20.7. The van der Waals surface area contributed by atoms with Crippen LogP contribution in [0.1, 0.15) is 77.3 Å². The second-order valence-electron chi connectivity index (χ2n) is 10.1. The molecule has 1 N–H and O–H groups in total. The first-order chi connectivity index (χ1) is 15.7. The molecule has 3 rings (SSSR count). The highest BCUT2D eigenvalue weighted by molar-refractivity contribution is 5.76. The van der Waals surface area contributed by atoms with E-state index < -0.39 is 11.6 Å². The van der Waals surface area contributed by atoms with Crippen molar-refractivity contribution in [3.05, 3.63) is 41.3 Å². The average molecular weight is 458 g/mol. The molecule has 2 aromatic rings. The van der Waals surface area contributed by atoms with E-state index in [1.807, 2.05) is 0 Å². The Kier molecular flexibility index (Phi) is 8.71. The van der Waals surface area contributed by atoms with E-state index in [1.54, 1.807) is 13.8 Å². The van der Waals surface area contributed by atoms with Gasteiger partial charge in [0.15, 0.2) is 5.60 Å². The van der Waals surface area contributed by atoms with Crippen molar-refractivity contribution in [1.82, 2.24) is 4.98 Å². The molecule has 6 nitrogen and oxygen atoms in total. The smallest absolute Gasteiger partial charge is 0.335 e. The monoisotopic (exact) mass is 457 g/mol. The van der Waals surface area contributed by atoms with E-state index in [2.05, 4.69) is 45.0 Å². The third-order valence-electron chi connectivity index (χ3n) is 6.33. The van der Waals surface area contributed by atoms with Gasteiger partial charge in [-0.25, -0.2) is 9.78 Å². The Morgan fingerprint density at radius 2 is 1.97 bits per heavy atom. The number of hydrogen-bond acceptors (Lipinski definition) is 5. The molecule has 0 aliphatic heterocycles. The van der Waals surface area contributed by atoms with Crippen molar-refractivity contribution >= 4 is 5.97 Å². The van der Waals surface area contributed by atoms with Crippen molar-refractivity contribution in [3.8, 4) is 11.5 Å². The molecule has 1 fully saturated rings. The Balaban J connectivity index is 1.57. The lowest BCUT2D eigenvalue weighted by atomic mass is 9.87. The van der Waals surface area contributed by atoms with Crippen molar-refractivity contribution in [2.24, 2.45) is 11.8 Å². The predicted octanol–water partition coefficient (Wildman–Crippen LogP) is 6.06. The molecule has 1 aliphatic carbocycles. The van der Waals surface area contributed by atoms with Gasteiger partial charge in [0.05, 0.1) is 19.3 Å². The standard InChI is InChI=1S/C27H39NO5/c1-6-24-23(28-25(33-24)21-12-10-19(11-13-21)14-18(2)3)17-31-22-9-7-8-20(15-22)16-32-27(4,5)26(29)30/h10-13,18,20,22H,6-9,14-17H2,1-5H3,(H,29,30). The van der Waals surface area contributed by atoms with Crippen LogP contribution in [0.15, 0.2) is 28.7 Å². The molecule has 2 unspecified atom stereocenters. The van der Waals surface area contributed by atoms with Gasteiger partial charge in [-0.3, -0.25) is 0 Å². The predicted molar refractivity (Wildman–Crippen MR) is 128 cm³/mol. The fourth-order valence-electron chi connectivity index (χ4n) is 4.28. The topological polar surface area (TPSA) is 81.8 Å². The van der Waals surface area contributed by atoms with Gasteiger partial charge in [-0.05, 0) is 69.1 Å². The molecule has 0 saturated heterocycles. The largest absolute Gasteiger partial charge is 0.479 e. The Bertz CT molecular complexity index is 900. The normalized spacial score (nSPS) is 19.2. The van der Waals surface area contributed by atoms with Crippen molar-refractivity contribution in [3.63, 3.8) is 0 Å². The summed E-state index contributed by atoms with van der Waals surface area (Å²) in [7, 11) is 0. The van der Waals surface area contributed by atoms with Gasteiger partial charge in [-0.2, -0.15) is 0 Å². The van der Waals surface area contributed by atoms with Crippen LogP contribution in [-0.4, -0.2) is 34.4 Å². The van der Waals surface area contributed by atoms with E-state index in [4.69, 9.17) is 18.9 Å². The maximum atomic E-state index is 11.3. The summed E-state index contributed by atoms with van der Waals surface area (Å²) < 4.78 is 18.0. The summed E-state index contributed by atoms with van der Waals surface area (Å²) in [6.45, 7) is 10.6. The minimum Gasteiger partial charge on any atom is -0.479 e. The minimum absolute atomic E-state index is 0.125. The zero-order valence-electron chi connectivity index (χ0n) is 20.7. The molecule has 2 atom stereocenters. The van der Waals surface area contributed by atoms with Crippen LogP contribution in [0.3, 0.4) is 0 Å². The second kappa shape index (κ2) is 11.3. The molecule has 1 saturated carbocycles. The van der Waals surface area contributed by atoms with Crippen LogP contribution in [-0.2, 0) is 33.7 Å². The van der Waals surface area contributed by atoms with Crippen LogP contribution in [0.25, 0.3) is 11.5 Å². The number of carbonyl (C=O) groups is 1. The van der Waals surface area contributed by atoms with E-state index in [9.17, 15) is 9.90 Å². The van der Waals surface area contributed by atoms with Crippen LogP contribution in [0.4, 0.5) is 0 Å². The van der Waals surface area contributed by atoms with Crippen molar-refractivity contribution in [2.75, 3.05) is 6.61 Å². The lowest BCUT2D eigenvalue weighted by molar-refractivity contribution is -0.163. The van der Waals surface area contributed by atoms with Gasteiger partial charge in [-0.15, -0.1) is 0 Å². The number of benzene rings is 1. The Morgan fingerprint density at radius 1 is 1.24 bits per heavy atom. The maximum absolute atomic E-state index is 11.3. The number of nitrogens with zero attached hydrogens (tertiary/aromatic N) is 1. The number of aromatic nitrogens is 1. The minimum atomic E-state index is -1.16. The summed E-state index contributed by atoms with van der Waals surface area (Å²) in [6.07, 6.45) is 5.92. The zero-order chi connectivity index (χ0) is 24.0. The molecule has 0 amide bonds. The second-order valence-corrected chi connectivity index (χ2v) is 10.1. The van der Waals surface area contributed by atoms with Gasteiger partial charge >= 0.3 is 5.97 Å². The van der Waals surface area contributed by atoms with Gasteiger partial charge in [0, 0.05) is 12.0 Å². The molecule has 0 bridgehead atoms. The maximum Gasteiger partial charge on any atom is 0.335 e. The van der Waals surface area contributed by atoms with E-state index in [-0.39, 0.29) is 6.10 Å². The molecule has 6 heteroatoms. The molecule has 33 heavy (non-hydrogen) atoms. The molecule has 182 valence electrons.